The summed E-state index contributed by atoms with van der Waals surface area (Å²) in [6, 6.07) is 21.0. The van der Waals surface area contributed by atoms with E-state index in [1.165, 1.54) is 0 Å². The number of benzene rings is 2. The molecule has 3 aromatic rings. The van der Waals surface area contributed by atoms with Crippen LogP contribution >= 0.6 is 0 Å². The fourth-order valence-electron chi connectivity index (χ4n) is 2.09. The second-order valence-corrected chi connectivity index (χ2v) is 4.59. The van der Waals surface area contributed by atoms with E-state index in [1.807, 2.05) is 54.6 Å². The lowest BCUT2D eigenvalue weighted by Gasteiger charge is -2.10. The summed E-state index contributed by atoms with van der Waals surface area (Å²) in [6.07, 6.45) is 0.691. The molecule has 3 rings (SSSR count). The minimum Gasteiger partial charge on any atom is -0.488 e. The normalized spacial score (nSPS) is 10.3. The van der Waals surface area contributed by atoms with Crippen molar-refractivity contribution in [1.82, 2.24) is 0 Å². The molecular formula is C18H14O3. The zero-order valence-corrected chi connectivity index (χ0v) is 11.4. The Kier molecular flexibility index (Phi) is 3.83. The van der Waals surface area contributed by atoms with Crippen molar-refractivity contribution in [1.29, 1.82) is 0 Å². The third-order valence-corrected chi connectivity index (χ3v) is 3.13. The summed E-state index contributed by atoms with van der Waals surface area (Å²) in [6.45, 7) is 0.485. The molecule has 0 atom stereocenters. The molecule has 0 saturated heterocycles. The highest BCUT2D eigenvalue weighted by Gasteiger charge is 2.10. The number of carbonyl (C=O) groups is 1. The molecule has 0 bridgehead atoms. The first-order valence-electron chi connectivity index (χ1n) is 6.68. The van der Waals surface area contributed by atoms with Gasteiger partial charge in [-0.2, -0.15) is 0 Å². The van der Waals surface area contributed by atoms with Crippen LogP contribution in [0.4, 0.5) is 0 Å². The fourth-order valence-corrected chi connectivity index (χ4v) is 2.09. The number of furan rings is 1. The molecule has 3 heteroatoms. The van der Waals surface area contributed by atoms with Crippen LogP contribution in [0, 0.1) is 0 Å². The topological polar surface area (TPSA) is 39.4 Å². The van der Waals surface area contributed by atoms with E-state index in [-0.39, 0.29) is 0 Å². The lowest BCUT2D eigenvalue weighted by Crippen LogP contribution is -1.96. The van der Waals surface area contributed by atoms with Crippen molar-refractivity contribution in [2.75, 3.05) is 0 Å². The van der Waals surface area contributed by atoms with E-state index in [0.717, 1.165) is 16.9 Å². The minimum atomic E-state index is 0.308. The van der Waals surface area contributed by atoms with Crippen LogP contribution in [0.1, 0.15) is 16.1 Å². The van der Waals surface area contributed by atoms with E-state index in [0.29, 0.717) is 24.4 Å². The highest BCUT2D eigenvalue weighted by Crippen LogP contribution is 2.31. The maximum Gasteiger partial charge on any atom is 0.185 e. The van der Waals surface area contributed by atoms with Crippen molar-refractivity contribution in [2.45, 2.75) is 6.61 Å². The summed E-state index contributed by atoms with van der Waals surface area (Å²) in [4.78, 5) is 10.7. The Labute approximate surface area is 122 Å². The highest BCUT2D eigenvalue weighted by atomic mass is 16.5. The van der Waals surface area contributed by atoms with Crippen LogP contribution in [0.5, 0.6) is 5.75 Å². The molecule has 0 aliphatic rings. The van der Waals surface area contributed by atoms with Gasteiger partial charge in [-0.3, -0.25) is 4.79 Å². The Morgan fingerprint density at radius 1 is 0.905 bits per heavy atom. The summed E-state index contributed by atoms with van der Waals surface area (Å²) < 4.78 is 11.3. The second kappa shape index (κ2) is 6.09. The number of para-hydroxylation sites is 1. The molecule has 1 aromatic heterocycles. The van der Waals surface area contributed by atoms with Crippen molar-refractivity contribution in [3.8, 4) is 17.1 Å². The average Bonchev–Trinajstić information content (AvgIpc) is 3.03. The number of carbonyl (C=O) groups excluding carboxylic acids is 1. The first-order chi connectivity index (χ1) is 10.4. The maximum atomic E-state index is 10.7. The monoisotopic (exact) mass is 278 g/mol. The molecule has 0 saturated carbocycles. The lowest BCUT2D eigenvalue weighted by atomic mass is 10.1. The quantitative estimate of drug-likeness (QED) is 0.652. The third-order valence-electron chi connectivity index (χ3n) is 3.13. The Morgan fingerprint density at radius 2 is 1.67 bits per heavy atom. The van der Waals surface area contributed by atoms with E-state index in [9.17, 15) is 4.79 Å². The Bertz CT molecular complexity index is 729. The van der Waals surface area contributed by atoms with Crippen molar-refractivity contribution in [3.63, 3.8) is 0 Å². The SMILES string of the molecule is O=Cc1ccc(-c2ccccc2OCc2ccccc2)o1. The van der Waals surface area contributed by atoms with Gasteiger partial charge in [0.05, 0.1) is 5.56 Å². The van der Waals surface area contributed by atoms with E-state index >= 15 is 0 Å². The minimum absolute atomic E-state index is 0.308. The Hall–Kier alpha value is -2.81. The predicted octanol–water partition coefficient (Wildman–Crippen LogP) is 4.34. The van der Waals surface area contributed by atoms with Crippen LogP contribution in [0.3, 0.4) is 0 Å². The summed E-state index contributed by atoms with van der Waals surface area (Å²) in [5.74, 6) is 1.66. The molecule has 1 heterocycles. The molecule has 0 aliphatic carbocycles. The summed E-state index contributed by atoms with van der Waals surface area (Å²) in [7, 11) is 0. The number of hydrogen-bond acceptors (Lipinski definition) is 3. The number of hydrogen-bond donors (Lipinski definition) is 0. The van der Waals surface area contributed by atoms with Crippen molar-refractivity contribution < 1.29 is 13.9 Å². The molecule has 2 aromatic carbocycles. The van der Waals surface area contributed by atoms with E-state index in [2.05, 4.69) is 0 Å². The van der Waals surface area contributed by atoms with Gasteiger partial charge < -0.3 is 9.15 Å². The predicted molar refractivity (Wildman–Crippen MR) is 80.3 cm³/mol. The maximum absolute atomic E-state index is 10.7. The van der Waals surface area contributed by atoms with Crippen molar-refractivity contribution in [3.05, 3.63) is 78.1 Å². The average molecular weight is 278 g/mol. The van der Waals surface area contributed by atoms with Gasteiger partial charge in [0.25, 0.3) is 0 Å². The molecule has 0 radical (unpaired) electrons. The summed E-state index contributed by atoms with van der Waals surface area (Å²) >= 11 is 0. The van der Waals surface area contributed by atoms with Gasteiger partial charge in [0.15, 0.2) is 12.0 Å². The van der Waals surface area contributed by atoms with Gasteiger partial charge in [0.1, 0.15) is 18.1 Å². The zero-order chi connectivity index (χ0) is 14.5. The standard InChI is InChI=1S/C18H14O3/c19-12-15-10-11-18(21-15)16-8-4-5-9-17(16)20-13-14-6-2-1-3-7-14/h1-12H,13H2. The summed E-state index contributed by atoms with van der Waals surface area (Å²) in [5, 5.41) is 0. The van der Waals surface area contributed by atoms with Gasteiger partial charge in [0, 0.05) is 0 Å². The molecule has 0 aliphatic heterocycles. The second-order valence-electron chi connectivity index (χ2n) is 4.59. The molecule has 0 amide bonds. The number of ether oxygens (including phenoxy) is 1. The Balaban J connectivity index is 1.84. The summed E-state index contributed by atoms with van der Waals surface area (Å²) in [5.41, 5.74) is 1.93. The van der Waals surface area contributed by atoms with Crippen LogP contribution < -0.4 is 4.74 Å². The van der Waals surface area contributed by atoms with Crippen LogP contribution in [-0.4, -0.2) is 6.29 Å². The van der Waals surface area contributed by atoms with Gasteiger partial charge >= 0.3 is 0 Å². The smallest absolute Gasteiger partial charge is 0.185 e. The number of rotatable bonds is 5. The van der Waals surface area contributed by atoms with Crippen LogP contribution in [-0.2, 0) is 6.61 Å². The van der Waals surface area contributed by atoms with Crippen molar-refractivity contribution in [2.24, 2.45) is 0 Å². The van der Waals surface area contributed by atoms with Gasteiger partial charge in [-0.1, -0.05) is 42.5 Å². The fraction of sp³-hybridized carbons (Fsp3) is 0.0556. The first kappa shape index (κ1) is 13.2. The van der Waals surface area contributed by atoms with Gasteiger partial charge in [-0.15, -0.1) is 0 Å². The largest absolute Gasteiger partial charge is 0.488 e. The van der Waals surface area contributed by atoms with E-state index in [4.69, 9.17) is 9.15 Å². The van der Waals surface area contributed by atoms with Gasteiger partial charge in [0.2, 0.25) is 0 Å². The van der Waals surface area contributed by atoms with Crippen LogP contribution in [0.2, 0.25) is 0 Å². The van der Waals surface area contributed by atoms with Crippen molar-refractivity contribution >= 4 is 6.29 Å². The molecular weight excluding hydrogens is 264 g/mol. The highest BCUT2D eigenvalue weighted by molar-refractivity contribution is 5.74. The molecule has 3 nitrogen and oxygen atoms in total. The van der Waals surface area contributed by atoms with E-state index in [1.54, 1.807) is 12.1 Å². The molecule has 104 valence electrons. The molecule has 0 N–H and O–H groups in total. The van der Waals surface area contributed by atoms with E-state index < -0.39 is 0 Å². The van der Waals surface area contributed by atoms with Crippen LogP contribution in [0.25, 0.3) is 11.3 Å². The first-order valence-corrected chi connectivity index (χ1v) is 6.68. The Morgan fingerprint density at radius 3 is 2.43 bits per heavy atom. The molecule has 0 unspecified atom stereocenters. The number of aldehydes is 1. The van der Waals surface area contributed by atoms with Gasteiger partial charge in [-0.05, 0) is 29.8 Å². The molecule has 21 heavy (non-hydrogen) atoms. The third kappa shape index (κ3) is 3.03. The zero-order valence-electron chi connectivity index (χ0n) is 11.4. The molecule has 0 fully saturated rings. The van der Waals surface area contributed by atoms with Gasteiger partial charge in [-0.25, -0.2) is 0 Å². The lowest BCUT2D eigenvalue weighted by molar-refractivity contribution is 0.110. The van der Waals surface area contributed by atoms with Crippen LogP contribution in [0.15, 0.2) is 71.1 Å². The molecule has 0 spiro atoms.